The van der Waals surface area contributed by atoms with Crippen LogP contribution in [0.25, 0.3) is 0 Å². The number of hydrogen-bond acceptors (Lipinski definition) is 8. The van der Waals surface area contributed by atoms with Gasteiger partial charge in [0.25, 0.3) is 10.1 Å². The molecule has 0 amide bonds. The summed E-state index contributed by atoms with van der Waals surface area (Å²) in [5.41, 5.74) is 0.469. The summed E-state index contributed by atoms with van der Waals surface area (Å²) in [6, 6.07) is 6.76. The van der Waals surface area contributed by atoms with Crippen LogP contribution in [-0.4, -0.2) is 64.6 Å². The second-order valence-electron chi connectivity index (χ2n) is 13.5. The van der Waals surface area contributed by atoms with E-state index in [0.717, 1.165) is 77.1 Å². The third kappa shape index (κ3) is 17.9. The lowest BCUT2D eigenvalue weighted by Gasteiger charge is -2.24. The number of benzene rings is 1. The van der Waals surface area contributed by atoms with E-state index in [1.54, 1.807) is 24.3 Å². The number of hydrogen-bond donors (Lipinski definition) is 0. The van der Waals surface area contributed by atoms with Gasteiger partial charge in [-0.3, -0.25) is 0 Å². The van der Waals surface area contributed by atoms with Crippen molar-refractivity contribution in [1.82, 2.24) is 4.90 Å². The van der Waals surface area contributed by atoms with Gasteiger partial charge in [-0.25, -0.2) is 4.18 Å². The Bertz CT molecular complexity index is 1050. The Morgan fingerprint density at radius 2 is 1.32 bits per heavy atom. The highest BCUT2D eigenvalue weighted by Gasteiger charge is 2.28. The average Bonchev–Trinajstić information content (AvgIpc) is 3.71. The summed E-state index contributed by atoms with van der Waals surface area (Å²) in [5.74, 6) is 0.470. The molecule has 0 saturated carbocycles. The Labute approximate surface area is 292 Å². The van der Waals surface area contributed by atoms with E-state index in [4.69, 9.17) is 18.4 Å². The summed E-state index contributed by atoms with van der Waals surface area (Å²) >= 11 is 1.38. The maximum atomic E-state index is 12.7. The van der Waals surface area contributed by atoms with Gasteiger partial charge in [0.05, 0.1) is 30.8 Å². The highest BCUT2D eigenvalue weighted by atomic mass is 32.2. The summed E-state index contributed by atoms with van der Waals surface area (Å²) in [7, 11) is -3.80. The van der Waals surface area contributed by atoms with E-state index in [1.807, 2.05) is 23.4 Å². The van der Waals surface area contributed by atoms with E-state index in [9.17, 15) is 8.42 Å². The summed E-state index contributed by atoms with van der Waals surface area (Å²) in [4.78, 5) is 2.16. The SMILES string of the molecule is CCCCCCCCCCCCCCCCOCC1CC(COCCCCCCN2C=CSC2OS(=O)(=O)c2ccc(C)cc2)CO1. The number of nitrogens with zero attached hydrogens (tertiary/aromatic N) is 1. The van der Waals surface area contributed by atoms with Gasteiger partial charge in [-0.1, -0.05) is 133 Å². The van der Waals surface area contributed by atoms with Crippen LogP contribution in [-0.2, 0) is 28.5 Å². The van der Waals surface area contributed by atoms with Crippen LogP contribution in [0.1, 0.15) is 134 Å². The number of aryl methyl sites for hydroxylation is 1. The van der Waals surface area contributed by atoms with Crippen LogP contribution < -0.4 is 0 Å². The average molecular weight is 696 g/mol. The number of unbranched alkanes of at least 4 members (excludes halogenated alkanes) is 16. The molecular weight excluding hydrogens is 631 g/mol. The van der Waals surface area contributed by atoms with Crippen LogP contribution in [0.3, 0.4) is 0 Å². The quantitative estimate of drug-likeness (QED) is 0.0606. The molecule has 0 N–H and O–H groups in total. The van der Waals surface area contributed by atoms with Crippen LogP contribution in [0, 0.1) is 12.8 Å². The fourth-order valence-corrected chi connectivity index (χ4v) is 8.28. The zero-order valence-electron chi connectivity index (χ0n) is 29.6. The lowest BCUT2D eigenvalue weighted by atomic mass is 10.0. The summed E-state index contributed by atoms with van der Waals surface area (Å²) in [5, 5.41) is 1.90. The number of rotatable bonds is 29. The van der Waals surface area contributed by atoms with Gasteiger partial charge in [0, 0.05) is 31.9 Å². The molecule has 0 aromatic heterocycles. The van der Waals surface area contributed by atoms with Crippen molar-refractivity contribution in [3.05, 3.63) is 41.4 Å². The van der Waals surface area contributed by atoms with Crippen LogP contribution in [0.5, 0.6) is 0 Å². The third-order valence-corrected chi connectivity index (χ3v) is 11.4. The number of ether oxygens (including phenoxy) is 3. The van der Waals surface area contributed by atoms with Crippen molar-refractivity contribution >= 4 is 21.9 Å². The lowest BCUT2D eigenvalue weighted by molar-refractivity contribution is 0.0141. The normalized spacial score (nSPS) is 19.7. The van der Waals surface area contributed by atoms with Crippen molar-refractivity contribution in [1.29, 1.82) is 0 Å². The molecule has 1 aromatic carbocycles. The first-order valence-corrected chi connectivity index (χ1v) is 21.2. The maximum Gasteiger partial charge on any atom is 0.299 e. The monoisotopic (exact) mass is 695 g/mol. The fraction of sp³-hybridized carbons (Fsp3) is 0.789. The molecule has 47 heavy (non-hydrogen) atoms. The lowest BCUT2D eigenvalue weighted by Crippen LogP contribution is -2.30. The Morgan fingerprint density at radius 1 is 0.766 bits per heavy atom. The molecule has 2 aliphatic heterocycles. The molecule has 3 atom stereocenters. The van der Waals surface area contributed by atoms with Crippen LogP contribution in [0.2, 0.25) is 0 Å². The van der Waals surface area contributed by atoms with Gasteiger partial charge in [-0.05, 0) is 50.1 Å². The van der Waals surface area contributed by atoms with Gasteiger partial charge >= 0.3 is 0 Å². The molecule has 7 nitrogen and oxygen atoms in total. The highest BCUT2D eigenvalue weighted by Crippen LogP contribution is 2.30. The predicted octanol–water partition coefficient (Wildman–Crippen LogP) is 9.98. The first-order chi connectivity index (χ1) is 23.0. The molecule has 1 aromatic rings. The minimum absolute atomic E-state index is 0.193. The molecule has 3 rings (SSSR count). The predicted molar refractivity (Wildman–Crippen MR) is 195 cm³/mol. The molecule has 0 bridgehead atoms. The zero-order chi connectivity index (χ0) is 33.4. The van der Waals surface area contributed by atoms with Crippen LogP contribution >= 0.6 is 11.8 Å². The van der Waals surface area contributed by atoms with Gasteiger partial charge in [0.2, 0.25) is 5.56 Å². The Hall–Kier alpha value is -1.10. The molecule has 0 aliphatic carbocycles. The standard InChI is InChI=1S/C38H65NO6S2/c1-3-4-5-6-7-8-9-10-11-12-13-14-16-19-28-43-33-36-30-35(32-44-36)31-42-27-20-17-15-18-25-39-26-29-46-38(39)45-47(40,41)37-23-21-34(2)22-24-37/h21-24,26,29,35-36,38H,3-20,25,27-28,30-33H2,1-2H3. The van der Waals surface area contributed by atoms with Gasteiger partial charge in [-0.2, -0.15) is 8.42 Å². The van der Waals surface area contributed by atoms with Crippen molar-refractivity contribution in [2.75, 3.05) is 39.6 Å². The summed E-state index contributed by atoms with van der Waals surface area (Å²) < 4.78 is 48.7. The zero-order valence-corrected chi connectivity index (χ0v) is 31.2. The molecule has 1 saturated heterocycles. The van der Waals surface area contributed by atoms with Crippen molar-refractivity contribution in [3.63, 3.8) is 0 Å². The van der Waals surface area contributed by atoms with Crippen molar-refractivity contribution in [2.24, 2.45) is 5.92 Å². The molecule has 270 valence electrons. The molecule has 9 heteroatoms. The molecule has 3 unspecified atom stereocenters. The topological polar surface area (TPSA) is 74.3 Å². The third-order valence-electron chi connectivity index (χ3n) is 9.16. The van der Waals surface area contributed by atoms with Gasteiger partial charge in [0.1, 0.15) is 0 Å². The van der Waals surface area contributed by atoms with E-state index in [1.165, 1.54) is 95.2 Å². The van der Waals surface area contributed by atoms with Crippen LogP contribution in [0.4, 0.5) is 0 Å². The van der Waals surface area contributed by atoms with Crippen molar-refractivity contribution in [2.45, 2.75) is 152 Å². The Balaban J connectivity index is 1.07. The van der Waals surface area contributed by atoms with E-state index in [-0.39, 0.29) is 11.0 Å². The van der Waals surface area contributed by atoms with Crippen LogP contribution in [0.15, 0.2) is 40.8 Å². The smallest absolute Gasteiger partial charge is 0.299 e. The molecule has 0 spiro atoms. The largest absolute Gasteiger partial charge is 0.381 e. The van der Waals surface area contributed by atoms with E-state index in [2.05, 4.69) is 6.92 Å². The van der Waals surface area contributed by atoms with E-state index >= 15 is 0 Å². The minimum Gasteiger partial charge on any atom is -0.381 e. The second kappa shape index (κ2) is 24.9. The first kappa shape index (κ1) is 40.3. The second-order valence-corrected chi connectivity index (χ2v) is 16.1. The van der Waals surface area contributed by atoms with E-state index in [0.29, 0.717) is 12.5 Å². The Morgan fingerprint density at radius 3 is 1.94 bits per heavy atom. The molecule has 0 radical (unpaired) electrons. The fourth-order valence-electron chi connectivity index (χ4n) is 6.18. The van der Waals surface area contributed by atoms with Crippen molar-refractivity contribution in [3.8, 4) is 0 Å². The molecular formula is C38H65NO6S2. The summed E-state index contributed by atoms with van der Waals surface area (Å²) in [6.45, 7) is 8.86. The van der Waals surface area contributed by atoms with Gasteiger partial charge in [0.15, 0.2) is 0 Å². The Kier molecular flexibility index (Phi) is 21.4. The highest BCUT2D eigenvalue weighted by molar-refractivity contribution is 8.03. The number of thioether (sulfide) groups is 1. The van der Waals surface area contributed by atoms with Crippen molar-refractivity contribution < 1.29 is 26.8 Å². The summed E-state index contributed by atoms with van der Waals surface area (Å²) in [6.07, 6.45) is 26.7. The molecule has 2 aliphatic rings. The molecule has 2 heterocycles. The van der Waals surface area contributed by atoms with E-state index < -0.39 is 15.7 Å². The minimum atomic E-state index is -3.80. The van der Waals surface area contributed by atoms with Gasteiger partial charge < -0.3 is 19.1 Å². The first-order valence-electron chi connectivity index (χ1n) is 18.8. The van der Waals surface area contributed by atoms with Gasteiger partial charge in [-0.15, -0.1) is 0 Å². The molecule has 1 fully saturated rings. The maximum absolute atomic E-state index is 12.7.